The highest BCUT2D eigenvalue weighted by Gasteiger charge is 2.04. The molecule has 1 N–H and O–H groups in total. The summed E-state index contributed by atoms with van der Waals surface area (Å²) in [5, 5.41) is 6.35. The number of nitrogens with zero attached hydrogens (tertiary/aromatic N) is 1. The summed E-state index contributed by atoms with van der Waals surface area (Å²) >= 11 is 1.63. The number of hydrogen-bond acceptors (Lipinski definition) is 3. The number of aromatic nitrogens is 1. The van der Waals surface area contributed by atoms with Gasteiger partial charge in [0.2, 0.25) is 0 Å². The van der Waals surface area contributed by atoms with Crippen molar-refractivity contribution in [2.24, 2.45) is 0 Å². The fourth-order valence-corrected chi connectivity index (χ4v) is 2.69. The quantitative estimate of drug-likeness (QED) is 0.775. The van der Waals surface area contributed by atoms with Crippen molar-refractivity contribution >= 4 is 22.2 Å². The summed E-state index contributed by atoms with van der Waals surface area (Å²) in [7, 11) is 0. The number of anilines is 2. The molecule has 21 heavy (non-hydrogen) atoms. The monoisotopic (exact) mass is 359 g/mol. The summed E-state index contributed by atoms with van der Waals surface area (Å²) in [6, 6.07) is 16.8. The summed E-state index contributed by atoms with van der Waals surface area (Å²) in [4.78, 5) is 4.64. The Kier molecular flexibility index (Phi) is 5.15. The highest BCUT2D eigenvalue weighted by Crippen LogP contribution is 2.27. The minimum absolute atomic E-state index is 0. The fraction of sp³-hybridized carbons (Fsp3) is 0.118. The lowest BCUT2D eigenvalue weighted by molar-refractivity contribution is -0.00000408. The van der Waals surface area contributed by atoms with Crippen LogP contribution in [0, 0.1) is 13.8 Å². The van der Waals surface area contributed by atoms with Gasteiger partial charge in [0.05, 0.1) is 5.69 Å². The molecule has 0 spiro atoms. The normalized spacial score (nSPS) is 10.0. The van der Waals surface area contributed by atoms with Crippen molar-refractivity contribution in [1.82, 2.24) is 4.98 Å². The first kappa shape index (κ1) is 15.7. The average Bonchev–Trinajstić information content (AvgIpc) is 2.91. The zero-order chi connectivity index (χ0) is 13.9. The molecule has 0 fully saturated rings. The van der Waals surface area contributed by atoms with Gasteiger partial charge in [-0.15, -0.1) is 11.3 Å². The van der Waals surface area contributed by atoms with Crippen LogP contribution in [0.15, 0.2) is 53.9 Å². The van der Waals surface area contributed by atoms with Crippen molar-refractivity contribution in [3.8, 4) is 11.3 Å². The predicted octanol–water partition coefficient (Wildman–Crippen LogP) is 2.17. The number of nitrogens with one attached hydrogen (secondary N) is 1. The Bertz CT molecular complexity index is 702. The largest absolute Gasteiger partial charge is 1.00 e. The molecular weight excluding hydrogens is 344 g/mol. The molecule has 4 heteroatoms. The van der Waals surface area contributed by atoms with E-state index in [2.05, 4.69) is 78.1 Å². The van der Waals surface area contributed by atoms with Gasteiger partial charge in [-0.05, 0) is 26.0 Å². The van der Waals surface area contributed by atoms with E-state index in [1.54, 1.807) is 11.3 Å². The first-order valence-corrected chi connectivity index (χ1v) is 7.45. The Morgan fingerprint density at radius 1 is 0.857 bits per heavy atom. The molecule has 0 aliphatic heterocycles. The second-order valence-corrected chi connectivity index (χ2v) is 5.75. The minimum Gasteiger partial charge on any atom is -1.00 e. The van der Waals surface area contributed by atoms with E-state index in [-0.39, 0.29) is 17.0 Å². The Morgan fingerprint density at radius 2 is 1.43 bits per heavy atom. The number of rotatable bonds is 3. The molecule has 0 saturated carbocycles. The Balaban J connectivity index is 0.00000161. The SMILES string of the molecule is Cc1ccc(Nc2nc(-c3ccc(C)cc3)cs2)cc1.[Br-]. The van der Waals surface area contributed by atoms with Crippen molar-refractivity contribution in [2.75, 3.05) is 5.32 Å². The maximum atomic E-state index is 4.64. The van der Waals surface area contributed by atoms with Crippen LogP contribution in [-0.2, 0) is 0 Å². The molecule has 2 aromatic carbocycles. The van der Waals surface area contributed by atoms with E-state index in [1.807, 2.05) is 0 Å². The van der Waals surface area contributed by atoms with E-state index >= 15 is 0 Å². The molecule has 1 heterocycles. The molecular formula is C17H16BrN2S-. The lowest BCUT2D eigenvalue weighted by Gasteiger charge is -2.02. The van der Waals surface area contributed by atoms with Gasteiger partial charge >= 0.3 is 0 Å². The van der Waals surface area contributed by atoms with Crippen LogP contribution in [0.5, 0.6) is 0 Å². The van der Waals surface area contributed by atoms with Crippen LogP contribution in [0.25, 0.3) is 11.3 Å². The molecule has 108 valence electrons. The van der Waals surface area contributed by atoms with Crippen molar-refractivity contribution < 1.29 is 17.0 Å². The molecule has 1 aromatic heterocycles. The second-order valence-electron chi connectivity index (χ2n) is 4.89. The number of thiazole rings is 1. The molecule has 0 aliphatic rings. The van der Waals surface area contributed by atoms with Crippen LogP contribution >= 0.6 is 11.3 Å². The van der Waals surface area contributed by atoms with Gasteiger partial charge in [-0.3, -0.25) is 0 Å². The third kappa shape index (κ3) is 3.93. The second kappa shape index (κ2) is 6.87. The average molecular weight is 360 g/mol. The zero-order valence-corrected chi connectivity index (χ0v) is 14.3. The maximum Gasteiger partial charge on any atom is 0.187 e. The third-order valence-electron chi connectivity index (χ3n) is 3.15. The highest BCUT2D eigenvalue weighted by atomic mass is 79.9. The number of aryl methyl sites for hydroxylation is 2. The lowest BCUT2D eigenvalue weighted by atomic mass is 10.1. The zero-order valence-electron chi connectivity index (χ0n) is 11.9. The molecule has 0 bridgehead atoms. The first-order chi connectivity index (χ1) is 9.70. The number of hydrogen-bond donors (Lipinski definition) is 1. The molecule has 0 aliphatic carbocycles. The molecule has 0 radical (unpaired) electrons. The summed E-state index contributed by atoms with van der Waals surface area (Å²) in [5.41, 5.74) is 5.77. The summed E-state index contributed by atoms with van der Waals surface area (Å²) in [6.07, 6.45) is 0. The fourth-order valence-electron chi connectivity index (χ4n) is 1.95. The van der Waals surface area contributed by atoms with Gasteiger partial charge in [-0.1, -0.05) is 47.5 Å². The van der Waals surface area contributed by atoms with Crippen LogP contribution in [0.1, 0.15) is 11.1 Å². The van der Waals surface area contributed by atoms with Gasteiger partial charge in [-0.25, -0.2) is 4.98 Å². The first-order valence-electron chi connectivity index (χ1n) is 6.57. The molecule has 0 atom stereocenters. The smallest absolute Gasteiger partial charge is 0.187 e. The summed E-state index contributed by atoms with van der Waals surface area (Å²) < 4.78 is 0. The number of benzene rings is 2. The van der Waals surface area contributed by atoms with Gasteiger partial charge in [0.1, 0.15) is 0 Å². The van der Waals surface area contributed by atoms with Gasteiger partial charge < -0.3 is 22.3 Å². The molecule has 2 nitrogen and oxygen atoms in total. The van der Waals surface area contributed by atoms with Gasteiger partial charge in [-0.2, -0.15) is 0 Å². The van der Waals surface area contributed by atoms with Crippen LogP contribution in [0.2, 0.25) is 0 Å². The van der Waals surface area contributed by atoms with Crippen molar-refractivity contribution in [2.45, 2.75) is 13.8 Å². The molecule has 3 rings (SSSR count). The van der Waals surface area contributed by atoms with E-state index in [0.29, 0.717) is 0 Å². The van der Waals surface area contributed by atoms with E-state index in [9.17, 15) is 0 Å². The van der Waals surface area contributed by atoms with Crippen molar-refractivity contribution in [3.05, 3.63) is 65.0 Å². The van der Waals surface area contributed by atoms with Gasteiger partial charge in [0.15, 0.2) is 5.13 Å². The topological polar surface area (TPSA) is 24.9 Å². The highest BCUT2D eigenvalue weighted by molar-refractivity contribution is 7.14. The van der Waals surface area contributed by atoms with E-state index in [4.69, 9.17) is 0 Å². The molecule has 0 saturated heterocycles. The van der Waals surface area contributed by atoms with Gasteiger partial charge in [0, 0.05) is 16.6 Å². The van der Waals surface area contributed by atoms with Crippen molar-refractivity contribution in [1.29, 1.82) is 0 Å². The predicted molar refractivity (Wildman–Crippen MR) is 86.7 cm³/mol. The molecule has 0 amide bonds. The van der Waals surface area contributed by atoms with Crippen LogP contribution < -0.4 is 22.3 Å². The lowest BCUT2D eigenvalue weighted by Crippen LogP contribution is -3.00. The minimum atomic E-state index is 0. The van der Waals surface area contributed by atoms with Crippen LogP contribution in [0.4, 0.5) is 10.8 Å². The van der Waals surface area contributed by atoms with Crippen molar-refractivity contribution in [3.63, 3.8) is 0 Å². The maximum absolute atomic E-state index is 4.64. The Hall–Kier alpha value is -1.65. The summed E-state index contributed by atoms with van der Waals surface area (Å²) in [6.45, 7) is 4.18. The van der Waals surface area contributed by atoms with Gasteiger partial charge in [0.25, 0.3) is 0 Å². The van der Waals surface area contributed by atoms with E-state index in [0.717, 1.165) is 22.1 Å². The standard InChI is InChI=1S/C17H16N2S.BrH/c1-12-3-7-14(8-4-12)16-11-20-17(19-16)18-15-9-5-13(2)6-10-15;/h3-11H,1-2H3,(H,18,19);1H/p-1. The number of halogens is 1. The molecule has 0 unspecified atom stereocenters. The third-order valence-corrected chi connectivity index (χ3v) is 3.91. The van der Waals surface area contributed by atoms with Crippen LogP contribution in [-0.4, -0.2) is 4.98 Å². The van der Waals surface area contributed by atoms with E-state index in [1.165, 1.54) is 11.1 Å². The van der Waals surface area contributed by atoms with Crippen LogP contribution in [0.3, 0.4) is 0 Å². The summed E-state index contributed by atoms with van der Waals surface area (Å²) in [5.74, 6) is 0. The van der Waals surface area contributed by atoms with E-state index < -0.39 is 0 Å². The Labute approximate surface area is 139 Å². The Morgan fingerprint density at radius 3 is 2.05 bits per heavy atom. The molecule has 3 aromatic rings.